The largest absolute Gasteiger partial charge is 0.348 e. The van der Waals surface area contributed by atoms with Gasteiger partial charge in [0.05, 0.1) is 22.4 Å². The highest BCUT2D eigenvalue weighted by Gasteiger charge is 2.14. The Balaban J connectivity index is 2.21. The summed E-state index contributed by atoms with van der Waals surface area (Å²) in [6.45, 7) is 5.16. The van der Waals surface area contributed by atoms with Crippen LogP contribution in [0.15, 0.2) is 22.9 Å². The maximum Gasteiger partial charge on any atom is 0.0767 e. The van der Waals surface area contributed by atoms with Gasteiger partial charge in [-0.25, -0.2) is 0 Å². The molecule has 0 amide bonds. The Morgan fingerprint density at radius 2 is 2.15 bits per heavy atom. The van der Waals surface area contributed by atoms with Gasteiger partial charge in [0.1, 0.15) is 0 Å². The fourth-order valence-corrected chi connectivity index (χ4v) is 3.28. The Bertz CT molecular complexity index is 566. The molecule has 0 aliphatic heterocycles. The van der Waals surface area contributed by atoms with Crippen LogP contribution in [0.5, 0.6) is 0 Å². The van der Waals surface area contributed by atoms with Crippen LogP contribution in [0.25, 0.3) is 0 Å². The van der Waals surface area contributed by atoms with Crippen LogP contribution in [-0.4, -0.2) is 21.4 Å². The van der Waals surface area contributed by atoms with Crippen molar-refractivity contribution in [2.24, 2.45) is 7.05 Å². The standard InChI is InChI=1S/C15H23BrN4/c1-5-12(17-3)11-7-8-20(9-11)10-14-15(16)13(6-2)18-19(14)4/h7-9,12,17H,5-6,10H2,1-4H3. The van der Waals surface area contributed by atoms with Crippen molar-refractivity contribution in [3.63, 3.8) is 0 Å². The van der Waals surface area contributed by atoms with Crippen molar-refractivity contribution in [1.82, 2.24) is 19.7 Å². The summed E-state index contributed by atoms with van der Waals surface area (Å²) in [6, 6.07) is 2.62. The third-order valence-electron chi connectivity index (χ3n) is 3.77. The van der Waals surface area contributed by atoms with E-state index in [2.05, 4.69) is 63.2 Å². The first-order valence-electron chi connectivity index (χ1n) is 7.13. The highest BCUT2D eigenvalue weighted by molar-refractivity contribution is 9.10. The Morgan fingerprint density at radius 1 is 1.40 bits per heavy atom. The zero-order valence-corrected chi connectivity index (χ0v) is 14.2. The van der Waals surface area contributed by atoms with Crippen molar-refractivity contribution in [3.05, 3.63) is 39.9 Å². The van der Waals surface area contributed by atoms with Gasteiger partial charge in [0.15, 0.2) is 0 Å². The molecule has 2 aromatic heterocycles. The third-order valence-corrected chi connectivity index (χ3v) is 4.68. The lowest BCUT2D eigenvalue weighted by Gasteiger charge is -2.11. The summed E-state index contributed by atoms with van der Waals surface area (Å²) in [5.74, 6) is 0. The first-order valence-corrected chi connectivity index (χ1v) is 7.93. The van der Waals surface area contributed by atoms with Crippen molar-refractivity contribution in [2.75, 3.05) is 7.05 Å². The average Bonchev–Trinajstić information content (AvgIpc) is 3.00. The quantitative estimate of drug-likeness (QED) is 0.877. The molecule has 110 valence electrons. The van der Waals surface area contributed by atoms with Crippen molar-refractivity contribution in [3.8, 4) is 0 Å². The second-order valence-corrected chi connectivity index (χ2v) is 5.84. The summed E-state index contributed by atoms with van der Waals surface area (Å²) >= 11 is 3.67. The van der Waals surface area contributed by atoms with Crippen LogP contribution in [0, 0.1) is 0 Å². The van der Waals surface area contributed by atoms with Crippen LogP contribution >= 0.6 is 15.9 Å². The van der Waals surface area contributed by atoms with E-state index in [0.717, 1.165) is 29.6 Å². The van der Waals surface area contributed by atoms with Gasteiger partial charge in [-0.05, 0) is 47.4 Å². The minimum absolute atomic E-state index is 0.428. The van der Waals surface area contributed by atoms with Crippen molar-refractivity contribution < 1.29 is 0 Å². The summed E-state index contributed by atoms with van der Waals surface area (Å²) in [5, 5.41) is 7.88. The van der Waals surface area contributed by atoms with Crippen LogP contribution in [0.3, 0.4) is 0 Å². The molecule has 20 heavy (non-hydrogen) atoms. The molecular formula is C15H23BrN4. The van der Waals surface area contributed by atoms with E-state index in [9.17, 15) is 0 Å². The molecule has 2 rings (SSSR count). The van der Waals surface area contributed by atoms with E-state index in [1.54, 1.807) is 0 Å². The predicted molar refractivity (Wildman–Crippen MR) is 85.9 cm³/mol. The first-order chi connectivity index (χ1) is 9.60. The lowest BCUT2D eigenvalue weighted by molar-refractivity contribution is 0.574. The van der Waals surface area contributed by atoms with Gasteiger partial charge in [-0.1, -0.05) is 13.8 Å². The molecule has 0 radical (unpaired) electrons. The van der Waals surface area contributed by atoms with E-state index in [-0.39, 0.29) is 0 Å². The Morgan fingerprint density at radius 3 is 2.70 bits per heavy atom. The average molecular weight is 339 g/mol. The molecule has 0 spiro atoms. The van der Waals surface area contributed by atoms with Crippen molar-refractivity contribution in [2.45, 2.75) is 39.3 Å². The van der Waals surface area contributed by atoms with Gasteiger partial charge in [-0.3, -0.25) is 4.68 Å². The molecule has 2 aromatic rings. The number of aromatic nitrogens is 3. The van der Waals surface area contributed by atoms with Crippen molar-refractivity contribution in [1.29, 1.82) is 0 Å². The van der Waals surface area contributed by atoms with Crippen molar-refractivity contribution >= 4 is 15.9 Å². The number of hydrogen-bond donors (Lipinski definition) is 1. The topological polar surface area (TPSA) is 34.8 Å². The third kappa shape index (κ3) is 2.99. The zero-order valence-electron chi connectivity index (χ0n) is 12.7. The molecule has 1 N–H and O–H groups in total. The number of hydrogen-bond acceptors (Lipinski definition) is 2. The normalized spacial score (nSPS) is 12.8. The first kappa shape index (κ1) is 15.3. The SMILES string of the molecule is CCc1nn(C)c(Cn2ccc(C(CC)NC)c2)c1Br. The van der Waals surface area contributed by atoms with Gasteiger partial charge in [0, 0.05) is 25.5 Å². The number of halogens is 1. The monoisotopic (exact) mass is 338 g/mol. The highest BCUT2D eigenvalue weighted by Crippen LogP contribution is 2.23. The molecule has 5 heteroatoms. The second-order valence-electron chi connectivity index (χ2n) is 5.05. The number of rotatable bonds is 6. The zero-order chi connectivity index (χ0) is 14.7. The Labute approximate surface area is 129 Å². The molecule has 0 aromatic carbocycles. The van der Waals surface area contributed by atoms with Crippen LogP contribution in [0.4, 0.5) is 0 Å². The molecule has 4 nitrogen and oxygen atoms in total. The van der Waals surface area contributed by atoms with Gasteiger partial charge in [-0.15, -0.1) is 0 Å². The minimum atomic E-state index is 0.428. The molecule has 0 saturated heterocycles. The summed E-state index contributed by atoms with van der Waals surface area (Å²) in [4.78, 5) is 0. The van der Waals surface area contributed by atoms with Gasteiger partial charge in [-0.2, -0.15) is 5.10 Å². The molecule has 2 heterocycles. The molecule has 1 unspecified atom stereocenters. The van der Waals surface area contributed by atoms with E-state index in [0.29, 0.717) is 6.04 Å². The fourth-order valence-electron chi connectivity index (χ4n) is 2.53. The van der Waals surface area contributed by atoms with Gasteiger partial charge < -0.3 is 9.88 Å². The number of nitrogens with one attached hydrogen (secondary N) is 1. The van der Waals surface area contributed by atoms with E-state index in [4.69, 9.17) is 0 Å². The van der Waals surface area contributed by atoms with E-state index >= 15 is 0 Å². The number of nitrogens with zero attached hydrogens (tertiary/aromatic N) is 3. The molecule has 0 aliphatic carbocycles. The van der Waals surface area contributed by atoms with E-state index in [1.807, 2.05) is 18.8 Å². The Hall–Kier alpha value is -1.07. The molecule has 0 fully saturated rings. The lowest BCUT2D eigenvalue weighted by atomic mass is 10.1. The van der Waals surface area contributed by atoms with Crippen LogP contribution in [0.1, 0.15) is 43.3 Å². The molecule has 1 atom stereocenters. The molecular weight excluding hydrogens is 316 g/mol. The van der Waals surface area contributed by atoms with Crippen LogP contribution < -0.4 is 5.32 Å². The van der Waals surface area contributed by atoms with E-state index < -0.39 is 0 Å². The molecule has 0 saturated carbocycles. The smallest absolute Gasteiger partial charge is 0.0767 e. The summed E-state index contributed by atoms with van der Waals surface area (Å²) in [6.07, 6.45) is 6.40. The summed E-state index contributed by atoms with van der Waals surface area (Å²) in [7, 11) is 4.02. The lowest BCUT2D eigenvalue weighted by Crippen LogP contribution is -2.14. The summed E-state index contributed by atoms with van der Waals surface area (Å²) < 4.78 is 5.33. The van der Waals surface area contributed by atoms with Crippen LogP contribution in [-0.2, 0) is 20.0 Å². The molecule has 0 bridgehead atoms. The fraction of sp³-hybridized carbons (Fsp3) is 0.533. The van der Waals surface area contributed by atoms with Gasteiger partial charge in [0.2, 0.25) is 0 Å². The van der Waals surface area contributed by atoms with Gasteiger partial charge >= 0.3 is 0 Å². The van der Waals surface area contributed by atoms with E-state index in [1.165, 1.54) is 11.3 Å². The Kier molecular flexibility index (Phi) is 5.05. The highest BCUT2D eigenvalue weighted by atomic mass is 79.9. The number of aryl methyl sites for hydroxylation is 2. The van der Waals surface area contributed by atoms with Gasteiger partial charge in [0.25, 0.3) is 0 Å². The minimum Gasteiger partial charge on any atom is -0.348 e. The summed E-state index contributed by atoms with van der Waals surface area (Å²) in [5.41, 5.74) is 3.67. The second kappa shape index (κ2) is 6.59. The van der Waals surface area contributed by atoms with Crippen LogP contribution in [0.2, 0.25) is 0 Å². The maximum absolute atomic E-state index is 4.54. The predicted octanol–water partition coefficient (Wildman–Crippen LogP) is 3.27. The maximum atomic E-state index is 4.54. The molecule has 0 aliphatic rings.